The summed E-state index contributed by atoms with van der Waals surface area (Å²) < 4.78 is 10.7. The van der Waals surface area contributed by atoms with Gasteiger partial charge in [0.2, 0.25) is 5.91 Å². The Kier molecular flexibility index (Phi) is 5.18. The van der Waals surface area contributed by atoms with Crippen LogP contribution in [-0.2, 0) is 9.53 Å². The number of benzene rings is 1. The standard InChI is InChI=1S/C16H20N2O3/c1-3-21-13-7-11(8-13)9-15(19)18-16-12(10-17)5-4-6-14(16)20-2/h4-6,11,13H,3,7-9H2,1-2H3,(H,18,19). The summed E-state index contributed by atoms with van der Waals surface area (Å²) in [6.07, 6.45) is 2.61. The van der Waals surface area contributed by atoms with E-state index in [0.29, 0.717) is 35.4 Å². The van der Waals surface area contributed by atoms with Crippen LogP contribution in [0.15, 0.2) is 18.2 Å². The number of rotatable bonds is 6. The highest BCUT2D eigenvalue weighted by molar-refractivity contribution is 5.94. The third-order valence-electron chi connectivity index (χ3n) is 3.70. The molecule has 0 atom stereocenters. The van der Waals surface area contributed by atoms with Gasteiger partial charge in [0.25, 0.3) is 0 Å². The van der Waals surface area contributed by atoms with Gasteiger partial charge >= 0.3 is 0 Å². The van der Waals surface area contributed by atoms with Crippen molar-refractivity contribution < 1.29 is 14.3 Å². The lowest BCUT2D eigenvalue weighted by Gasteiger charge is -2.34. The molecule has 21 heavy (non-hydrogen) atoms. The fraction of sp³-hybridized carbons (Fsp3) is 0.500. The monoisotopic (exact) mass is 288 g/mol. The van der Waals surface area contributed by atoms with Gasteiger partial charge in [-0.05, 0) is 37.8 Å². The van der Waals surface area contributed by atoms with Gasteiger partial charge < -0.3 is 14.8 Å². The van der Waals surface area contributed by atoms with E-state index in [1.165, 1.54) is 7.11 Å². The lowest BCUT2D eigenvalue weighted by atomic mass is 9.80. The third-order valence-corrected chi connectivity index (χ3v) is 3.70. The van der Waals surface area contributed by atoms with E-state index in [-0.39, 0.29) is 5.91 Å². The molecular formula is C16H20N2O3. The van der Waals surface area contributed by atoms with Crippen LogP contribution in [0.3, 0.4) is 0 Å². The first-order valence-corrected chi connectivity index (χ1v) is 7.16. The van der Waals surface area contributed by atoms with Crippen molar-refractivity contribution in [1.82, 2.24) is 0 Å². The molecule has 0 heterocycles. The molecule has 0 aliphatic heterocycles. The van der Waals surface area contributed by atoms with E-state index in [2.05, 4.69) is 11.4 Å². The van der Waals surface area contributed by atoms with Crippen LogP contribution in [0.5, 0.6) is 5.75 Å². The van der Waals surface area contributed by atoms with Gasteiger partial charge in [0.05, 0.1) is 18.8 Å². The maximum atomic E-state index is 12.1. The number of nitrogens with zero attached hydrogens (tertiary/aromatic N) is 1. The average molecular weight is 288 g/mol. The van der Waals surface area contributed by atoms with Crippen molar-refractivity contribution in [3.8, 4) is 11.8 Å². The van der Waals surface area contributed by atoms with Crippen LogP contribution < -0.4 is 10.1 Å². The first kappa shape index (κ1) is 15.3. The van der Waals surface area contributed by atoms with Crippen molar-refractivity contribution in [2.75, 3.05) is 19.0 Å². The molecule has 0 spiro atoms. The van der Waals surface area contributed by atoms with Crippen molar-refractivity contribution in [3.05, 3.63) is 23.8 Å². The lowest BCUT2D eigenvalue weighted by Crippen LogP contribution is -2.34. The summed E-state index contributed by atoms with van der Waals surface area (Å²) in [7, 11) is 1.52. The average Bonchev–Trinajstić information content (AvgIpc) is 2.45. The third kappa shape index (κ3) is 3.73. The number of hydrogen-bond donors (Lipinski definition) is 1. The van der Waals surface area contributed by atoms with E-state index in [4.69, 9.17) is 14.7 Å². The fourth-order valence-corrected chi connectivity index (χ4v) is 2.59. The number of hydrogen-bond acceptors (Lipinski definition) is 4. The van der Waals surface area contributed by atoms with Crippen LogP contribution in [0, 0.1) is 17.2 Å². The highest BCUT2D eigenvalue weighted by Gasteiger charge is 2.31. The molecule has 0 radical (unpaired) electrons. The second kappa shape index (κ2) is 7.09. The zero-order valence-corrected chi connectivity index (χ0v) is 12.4. The molecule has 0 aromatic heterocycles. The first-order valence-electron chi connectivity index (χ1n) is 7.16. The summed E-state index contributed by atoms with van der Waals surface area (Å²) >= 11 is 0. The summed E-state index contributed by atoms with van der Waals surface area (Å²) in [6.45, 7) is 2.70. The molecule has 0 unspecified atom stereocenters. The van der Waals surface area contributed by atoms with Crippen molar-refractivity contribution in [3.63, 3.8) is 0 Å². The molecule has 2 rings (SSSR count). The Morgan fingerprint density at radius 1 is 1.48 bits per heavy atom. The van der Waals surface area contributed by atoms with Gasteiger partial charge in [-0.3, -0.25) is 4.79 Å². The minimum Gasteiger partial charge on any atom is -0.495 e. The van der Waals surface area contributed by atoms with Crippen molar-refractivity contribution in [1.29, 1.82) is 5.26 Å². The highest BCUT2D eigenvalue weighted by Crippen LogP contribution is 2.34. The highest BCUT2D eigenvalue weighted by atomic mass is 16.5. The molecule has 1 fully saturated rings. The Morgan fingerprint density at radius 3 is 2.86 bits per heavy atom. The van der Waals surface area contributed by atoms with E-state index in [1.807, 2.05) is 6.92 Å². The SMILES string of the molecule is CCOC1CC(CC(=O)Nc2c(C#N)cccc2OC)C1. The van der Waals surface area contributed by atoms with Gasteiger partial charge in [-0.2, -0.15) is 5.26 Å². The fourth-order valence-electron chi connectivity index (χ4n) is 2.59. The number of anilines is 1. The van der Waals surface area contributed by atoms with Crippen LogP contribution in [0.1, 0.15) is 31.7 Å². The van der Waals surface area contributed by atoms with Gasteiger partial charge in [0.15, 0.2) is 0 Å². The van der Waals surface area contributed by atoms with E-state index >= 15 is 0 Å². The number of methoxy groups -OCH3 is 1. The smallest absolute Gasteiger partial charge is 0.224 e. The molecule has 1 aliphatic carbocycles. The first-order chi connectivity index (χ1) is 10.2. The largest absolute Gasteiger partial charge is 0.495 e. The topological polar surface area (TPSA) is 71.3 Å². The quantitative estimate of drug-likeness (QED) is 0.873. The minimum absolute atomic E-state index is 0.0871. The summed E-state index contributed by atoms with van der Waals surface area (Å²) in [5.74, 6) is 0.779. The van der Waals surface area contributed by atoms with Crippen LogP contribution in [0.4, 0.5) is 5.69 Å². The molecule has 0 saturated heterocycles. The van der Waals surface area contributed by atoms with E-state index < -0.39 is 0 Å². The Labute approximate surface area is 124 Å². The van der Waals surface area contributed by atoms with Gasteiger partial charge in [0.1, 0.15) is 17.5 Å². The molecule has 112 valence electrons. The van der Waals surface area contributed by atoms with Gasteiger partial charge in [-0.1, -0.05) is 6.07 Å². The molecule has 1 N–H and O–H groups in total. The second-order valence-corrected chi connectivity index (χ2v) is 5.16. The maximum absolute atomic E-state index is 12.1. The van der Waals surface area contributed by atoms with E-state index in [9.17, 15) is 4.79 Å². The Morgan fingerprint density at radius 2 is 2.24 bits per heavy atom. The molecule has 1 amide bonds. The molecule has 1 aromatic rings. The van der Waals surface area contributed by atoms with Gasteiger partial charge in [-0.25, -0.2) is 0 Å². The molecule has 0 bridgehead atoms. The zero-order chi connectivity index (χ0) is 15.2. The Balaban J connectivity index is 1.93. The number of para-hydroxylation sites is 1. The molecule has 1 aliphatic rings. The lowest BCUT2D eigenvalue weighted by molar-refractivity contribution is -0.119. The minimum atomic E-state index is -0.0871. The molecule has 5 heteroatoms. The number of ether oxygens (including phenoxy) is 2. The summed E-state index contributed by atoms with van der Waals surface area (Å²) in [6, 6.07) is 7.18. The predicted octanol–water partition coefficient (Wildman–Crippen LogP) is 2.71. The number of nitriles is 1. The van der Waals surface area contributed by atoms with E-state index in [0.717, 1.165) is 19.4 Å². The number of carbonyl (C=O) groups excluding carboxylic acids is 1. The normalized spacial score (nSPS) is 20.2. The van der Waals surface area contributed by atoms with Crippen molar-refractivity contribution in [2.45, 2.75) is 32.3 Å². The molecule has 5 nitrogen and oxygen atoms in total. The Bertz CT molecular complexity index is 545. The summed E-state index contributed by atoms with van der Waals surface area (Å²) in [5, 5.41) is 11.9. The maximum Gasteiger partial charge on any atom is 0.224 e. The second-order valence-electron chi connectivity index (χ2n) is 5.16. The van der Waals surface area contributed by atoms with Crippen molar-refractivity contribution in [2.24, 2.45) is 5.92 Å². The van der Waals surface area contributed by atoms with Crippen LogP contribution in [0.2, 0.25) is 0 Å². The number of amides is 1. The van der Waals surface area contributed by atoms with Crippen LogP contribution >= 0.6 is 0 Å². The van der Waals surface area contributed by atoms with E-state index in [1.54, 1.807) is 18.2 Å². The number of carbonyl (C=O) groups is 1. The van der Waals surface area contributed by atoms with Crippen LogP contribution in [-0.4, -0.2) is 25.7 Å². The van der Waals surface area contributed by atoms with Gasteiger partial charge in [0, 0.05) is 13.0 Å². The zero-order valence-electron chi connectivity index (χ0n) is 12.4. The molecular weight excluding hydrogens is 268 g/mol. The predicted molar refractivity (Wildman–Crippen MR) is 79.1 cm³/mol. The van der Waals surface area contributed by atoms with Gasteiger partial charge in [-0.15, -0.1) is 0 Å². The number of nitrogens with one attached hydrogen (secondary N) is 1. The summed E-state index contributed by atoms with van der Waals surface area (Å²) in [4.78, 5) is 12.1. The van der Waals surface area contributed by atoms with Crippen LogP contribution in [0.25, 0.3) is 0 Å². The molecule has 1 aromatic carbocycles. The van der Waals surface area contributed by atoms with Crippen molar-refractivity contribution >= 4 is 11.6 Å². The molecule has 1 saturated carbocycles. The summed E-state index contributed by atoms with van der Waals surface area (Å²) in [5.41, 5.74) is 0.858. The Hall–Kier alpha value is -2.06.